The Morgan fingerprint density at radius 2 is 2.14 bits per heavy atom. The fourth-order valence-electron chi connectivity index (χ4n) is 1.24. The molecular formula is C11H13BrClF. The van der Waals surface area contributed by atoms with Crippen LogP contribution in [0.3, 0.4) is 0 Å². The van der Waals surface area contributed by atoms with E-state index < -0.39 is 0 Å². The SMILES string of the molecule is CCC(C)C(Cl)c1cc(Br)ccc1F. The Balaban J connectivity index is 2.99. The van der Waals surface area contributed by atoms with Crippen molar-refractivity contribution >= 4 is 27.5 Å². The van der Waals surface area contributed by atoms with E-state index in [9.17, 15) is 4.39 Å². The van der Waals surface area contributed by atoms with Gasteiger partial charge in [0.15, 0.2) is 0 Å². The quantitative estimate of drug-likeness (QED) is 0.689. The Morgan fingerprint density at radius 1 is 1.50 bits per heavy atom. The van der Waals surface area contributed by atoms with Gasteiger partial charge in [-0.1, -0.05) is 36.2 Å². The van der Waals surface area contributed by atoms with Crippen LogP contribution in [0, 0.1) is 11.7 Å². The second-order valence-electron chi connectivity index (χ2n) is 3.45. The van der Waals surface area contributed by atoms with Gasteiger partial charge < -0.3 is 0 Å². The van der Waals surface area contributed by atoms with E-state index in [1.54, 1.807) is 12.1 Å². The van der Waals surface area contributed by atoms with Crippen molar-refractivity contribution < 1.29 is 4.39 Å². The summed E-state index contributed by atoms with van der Waals surface area (Å²) in [6.07, 6.45) is 0.945. The summed E-state index contributed by atoms with van der Waals surface area (Å²) in [6.45, 7) is 4.08. The summed E-state index contributed by atoms with van der Waals surface area (Å²) >= 11 is 9.48. The van der Waals surface area contributed by atoms with Crippen LogP contribution in [-0.2, 0) is 0 Å². The molecular weight excluding hydrogens is 266 g/mol. The van der Waals surface area contributed by atoms with Crippen molar-refractivity contribution in [3.63, 3.8) is 0 Å². The van der Waals surface area contributed by atoms with Gasteiger partial charge in [0.05, 0.1) is 5.38 Å². The van der Waals surface area contributed by atoms with Crippen molar-refractivity contribution in [2.24, 2.45) is 5.92 Å². The minimum absolute atomic E-state index is 0.228. The number of hydrogen-bond acceptors (Lipinski definition) is 0. The minimum atomic E-state index is -0.252. The van der Waals surface area contributed by atoms with Gasteiger partial charge in [0.25, 0.3) is 0 Å². The molecule has 78 valence electrons. The lowest BCUT2D eigenvalue weighted by Crippen LogP contribution is -2.04. The van der Waals surface area contributed by atoms with E-state index in [0.29, 0.717) is 5.56 Å². The number of hydrogen-bond donors (Lipinski definition) is 0. The first-order chi connectivity index (χ1) is 6.56. The Labute approximate surface area is 97.6 Å². The van der Waals surface area contributed by atoms with Crippen LogP contribution in [0.4, 0.5) is 4.39 Å². The number of benzene rings is 1. The summed E-state index contributed by atoms with van der Waals surface area (Å²) in [5, 5.41) is -0.252. The molecule has 0 amide bonds. The highest BCUT2D eigenvalue weighted by Crippen LogP contribution is 2.33. The molecule has 1 aromatic carbocycles. The van der Waals surface area contributed by atoms with Crippen LogP contribution in [-0.4, -0.2) is 0 Å². The Bertz CT molecular complexity index is 314. The molecule has 0 aliphatic heterocycles. The minimum Gasteiger partial charge on any atom is -0.207 e. The van der Waals surface area contributed by atoms with Crippen molar-refractivity contribution in [3.8, 4) is 0 Å². The molecule has 0 N–H and O–H groups in total. The average molecular weight is 280 g/mol. The average Bonchev–Trinajstić information content (AvgIpc) is 2.19. The Hall–Kier alpha value is -0.0800. The van der Waals surface area contributed by atoms with E-state index in [-0.39, 0.29) is 17.1 Å². The predicted molar refractivity (Wildman–Crippen MR) is 62.1 cm³/mol. The van der Waals surface area contributed by atoms with Crippen LogP contribution in [0.2, 0.25) is 0 Å². The molecule has 0 saturated carbocycles. The van der Waals surface area contributed by atoms with Crippen molar-refractivity contribution in [2.45, 2.75) is 25.6 Å². The van der Waals surface area contributed by atoms with Crippen LogP contribution in [0.1, 0.15) is 31.2 Å². The summed E-state index contributed by atoms with van der Waals surface area (Å²) < 4.78 is 14.3. The molecule has 14 heavy (non-hydrogen) atoms. The molecule has 0 aromatic heterocycles. The van der Waals surface area contributed by atoms with Gasteiger partial charge >= 0.3 is 0 Å². The summed E-state index contributed by atoms with van der Waals surface area (Å²) in [6, 6.07) is 4.87. The number of alkyl halides is 1. The molecule has 2 atom stereocenters. The molecule has 0 heterocycles. The van der Waals surface area contributed by atoms with Gasteiger partial charge in [-0.3, -0.25) is 0 Å². The summed E-state index contributed by atoms with van der Waals surface area (Å²) in [5.41, 5.74) is 0.579. The van der Waals surface area contributed by atoms with Gasteiger partial charge in [-0.25, -0.2) is 4.39 Å². The van der Waals surface area contributed by atoms with E-state index in [1.165, 1.54) is 6.07 Å². The first-order valence-corrected chi connectivity index (χ1v) is 5.88. The molecule has 0 aliphatic rings. The zero-order chi connectivity index (χ0) is 10.7. The molecule has 2 unspecified atom stereocenters. The first-order valence-electron chi connectivity index (χ1n) is 4.65. The molecule has 1 rings (SSSR count). The zero-order valence-corrected chi connectivity index (χ0v) is 10.6. The lowest BCUT2D eigenvalue weighted by atomic mass is 9.98. The van der Waals surface area contributed by atoms with Gasteiger partial charge in [-0.2, -0.15) is 0 Å². The lowest BCUT2D eigenvalue weighted by Gasteiger charge is -2.17. The van der Waals surface area contributed by atoms with Gasteiger partial charge in [0, 0.05) is 10.0 Å². The van der Waals surface area contributed by atoms with Gasteiger partial charge in [0.2, 0.25) is 0 Å². The molecule has 0 aliphatic carbocycles. The summed E-state index contributed by atoms with van der Waals surface area (Å²) in [4.78, 5) is 0. The molecule has 3 heteroatoms. The summed E-state index contributed by atoms with van der Waals surface area (Å²) in [7, 11) is 0. The third kappa shape index (κ3) is 2.71. The monoisotopic (exact) mass is 278 g/mol. The third-order valence-corrected chi connectivity index (χ3v) is 3.56. The summed E-state index contributed by atoms with van der Waals surface area (Å²) in [5.74, 6) is 0.0500. The van der Waals surface area contributed by atoms with Crippen LogP contribution in [0.25, 0.3) is 0 Å². The van der Waals surface area contributed by atoms with E-state index in [2.05, 4.69) is 22.9 Å². The van der Waals surface area contributed by atoms with Crippen LogP contribution in [0.5, 0.6) is 0 Å². The standard InChI is InChI=1S/C11H13BrClF/c1-3-7(2)11(13)9-6-8(12)4-5-10(9)14/h4-7,11H,3H2,1-2H3. The second kappa shape index (κ2) is 5.13. The topological polar surface area (TPSA) is 0 Å². The highest BCUT2D eigenvalue weighted by molar-refractivity contribution is 9.10. The fourth-order valence-corrected chi connectivity index (χ4v) is 1.96. The van der Waals surface area contributed by atoms with Gasteiger partial charge in [0.1, 0.15) is 5.82 Å². The van der Waals surface area contributed by atoms with Gasteiger partial charge in [-0.05, 0) is 24.1 Å². The fraction of sp³-hybridized carbons (Fsp3) is 0.455. The molecule has 0 fully saturated rings. The van der Waals surface area contributed by atoms with Crippen molar-refractivity contribution in [2.75, 3.05) is 0 Å². The van der Waals surface area contributed by atoms with Crippen LogP contribution in [0.15, 0.2) is 22.7 Å². The maximum atomic E-state index is 13.4. The molecule has 0 nitrogen and oxygen atoms in total. The molecule has 0 bridgehead atoms. The second-order valence-corrected chi connectivity index (χ2v) is 4.84. The normalized spacial score (nSPS) is 15.2. The highest BCUT2D eigenvalue weighted by atomic mass is 79.9. The van der Waals surface area contributed by atoms with E-state index in [1.807, 2.05) is 6.92 Å². The predicted octanol–water partition coefficient (Wildman–Crippen LogP) is 4.91. The maximum absolute atomic E-state index is 13.4. The molecule has 0 saturated heterocycles. The highest BCUT2D eigenvalue weighted by Gasteiger charge is 2.18. The number of halogens is 3. The Kier molecular flexibility index (Phi) is 4.39. The maximum Gasteiger partial charge on any atom is 0.127 e. The van der Waals surface area contributed by atoms with Crippen molar-refractivity contribution in [1.29, 1.82) is 0 Å². The zero-order valence-electron chi connectivity index (χ0n) is 8.23. The molecule has 0 spiro atoms. The van der Waals surface area contributed by atoms with Crippen molar-refractivity contribution in [3.05, 3.63) is 34.1 Å². The third-order valence-electron chi connectivity index (χ3n) is 2.40. The van der Waals surface area contributed by atoms with Crippen LogP contribution >= 0.6 is 27.5 Å². The largest absolute Gasteiger partial charge is 0.207 e. The van der Waals surface area contributed by atoms with E-state index >= 15 is 0 Å². The van der Waals surface area contributed by atoms with Gasteiger partial charge in [-0.15, -0.1) is 11.6 Å². The molecule has 1 aromatic rings. The molecule has 0 radical (unpaired) electrons. The van der Waals surface area contributed by atoms with Crippen LogP contribution < -0.4 is 0 Å². The van der Waals surface area contributed by atoms with Crippen molar-refractivity contribution in [1.82, 2.24) is 0 Å². The number of rotatable bonds is 3. The Morgan fingerprint density at radius 3 is 2.71 bits per heavy atom. The smallest absolute Gasteiger partial charge is 0.127 e. The first kappa shape index (κ1) is 12.0. The van der Waals surface area contributed by atoms with E-state index in [4.69, 9.17) is 11.6 Å². The lowest BCUT2D eigenvalue weighted by molar-refractivity contribution is 0.516. The van der Waals surface area contributed by atoms with E-state index in [0.717, 1.165) is 10.9 Å².